The number of benzene rings is 1. The van der Waals surface area contributed by atoms with Crippen molar-refractivity contribution in [3.8, 4) is 6.07 Å². The largest absolute Gasteiger partial charge is 0.371 e. The molecule has 4 fully saturated rings. The first-order chi connectivity index (χ1) is 20.3. The number of hydrogen-bond donors (Lipinski definition) is 2. The van der Waals surface area contributed by atoms with Crippen LogP contribution >= 0.6 is 0 Å². The Hall–Kier alpha value is -2.55. The van der Waals surface area contributed by atoms with Gasteiger partial charge in [0.15, 0.2) is 6.35 Å². The lowest BCUT2D eigenvalue weighted by molar-refractivity contribution is -0.137. The van der Waals surface area contributed by atoms with Crippen molar-refractivity contribution in [2.75, 3.05) is 58.3 Å². The highest BCUT2D eigenvalue weighted by Gasteiger charge is 2.51. The molecule has 42 heavy (non-hydrogen) atoms. The van der Waals surface area contributed by atoms with Gasteiger partial charge in [-0.3, -0.25) is 20.3 Å². The molecule has 1 aliphatic carbocycles. The summed E-state index contributed by atoms with van der Waals surface area (Å²) in [5.41, 5.74) is 1.92. The number of ether oxygens (including phenoxy) is 1. The van der Waals surface area contributed by atoms with Crippen LogP contribution in [-0.4, -0.2) is 105 Å². The van der Waals surface area contributed by atoms with Crippen molar-refractivity contribution in [3.63, 3.8) is 0 Å². The maximum atomic E-state index is 14.7. The molecule has 1 saturated carbocycles. The van der Waals surface area contributed by atoms with Crippen molar-refractivity contribution in [1.29, 1.82) is 5.26 Å². The van der Waals surface area contributed by atoms with E-state index in [-0.39, 0.29) is 41.7 Å². The second kappa shape index (κ2) is 12.2. The summed E-state index contributed by atoms with van der Waals surface area (Å²) in [6.07, 6.45) is 7.80. The predicted octanol–water partition coefficient (Wildman–Crippen LogP) is 2.50. The average Bonchev–Trinajstić information content (AvgIpc) is 3.39. The Morgan fingerprint density at radius 3 is 2.86 bits per heavy atom. The van der Waals surface area contributed by atoms with Gasteiger partial charge in [-0.2, -0.15) is 5.26 Å². The number of para-hydroxylation sites is 1. The number of fused-ring (bicyclic) bond motifs is 2. The maximum absolute atomic E-state index is 14.7. The third-order valence-corrected chi connectivity index (χ3v) is 10.7. The number of piperazine rings is 1. The van der Waals surface area contributed by atoms with E-state index in [1.54, 1.807) is 11.0 Å². The molecule has 228 valence electrons. The number of carbonyl (C=O) groups excluding carboxylic acids is 1. The molecular formula is C32H46FN7O2. The number of halogens is 1. The number of likely N-dealkylation sites (N-methyl/N-ethyl adjacent to an activating group) is 1. The number of nitriles is 1. The molecule has 1 spiro atoms. The molecule has 6 rings (SSSR count). The topological polar surface area (TPSA) is 87.1 Å². The number of rotatable bonds is 6. The average molecular weight is 580 g/mol. The van der Waals surface area contributed by atoms with Gasteiger partial charge in [0, 0.05) is 51.2 Å². The SMILES string of the molecule is C=CC(=O)N1CCN(C2NC(OCC3CCCN3C)NC3C[C@]4(CCC32)Cc2cccc(F)c2N(C)C4)CC1CC#N. The number of hydrogen-bond acceptors (Lipinski definition) is 8. The van der Waals surface area contributed by atoms with Gasteiger partial charge in [-0.25, -0.2) is 4.39 Å². The Kier molecular flexibility index (Phi) is 8.58. The minimum atomic E-state index is -0.284. The van der Waals surface area contributed by atoms with E-state index in [0.29, 0.717) is 38.1 Å². The summed E-state index contributed by atoms with van der Waals surface area (Å²) in [5, 5.41) is 17.2. The summed E-state index contributed by atoms with van der Waals surface area (Å²) in [7, 11) is 4.20. The van der Waals surface area contributed by atoms with E-state index in [0.717, 1.165) is 63.0 Å². The molecule has 2 N–H and O–H groups in total. The molecule has 5 aliphatic rings. The van der Waals surface area contributed by atoms with Gasteiger partial charge in [0.2, 0.25) is 5.91 Å². The van der Waals surface area contributed by atoms with Gasteiger partial charge in [-0.05, 0) is 75.2 Å². The number of nitrogens with zero attached hydrogens (tertiary/aromatic N) is 5. The summed E-state index contributed by atoms with van der Waals surface area (Å²) in [4.78, 5) is 21.3. The fraction of sp³-hybridized carbons (Fsp3) is 0.688. The van der Waals surface area contributed by atoms with Crippen LogP contribution in [0, 0.1) is 28.5 Å². The van der Waals surface area contributed by atoms with Crippen molar-refractivity contribution in [2.45, 2.75) is 75.6 Å². The summed E-state index contributed by atoms with van der Waals surface area (Å²) in [6.45, 7) is 8.26. The van der Waals surface area contributed by atoms with Gasteiger partial charge in [-0.1, -0.05) is 18.7 Å². The van der Waals surface area contributed by atoms with Gasteiger partial charge in [0.1, 0.15) is 5.82 Å². The third-order valence-electron chi connectivity index (χ3n) is 10.7. The van der Waals surface area contributed by atoms with Crippen LogP contribution in [0.1, 0.15) is 44.1 Å². The van der Waals surface area contributed by atoms with Crippen molar-refractivity contribution in [2.24, 2.45) is 11.3 Å². The van der Waals surface area contributed by atoms with Crippen LogP contribution < -0.4 is 15.5 Å². The number of nitrogens with one attached hydrogen (secondary N) is 2. The van der Waals surface area contributed by atoms with Crippen LogP contribution in [-0.2, 0) is 16.0 Å². The fourth-order valence-electron chi connectivity index (χ4n) is 8.64. The van der Waals surface area contributed by atoms with Gasteiger partial charge < -0.3 is 19.4 Å². The van der Waals surface area contributed by atoms with Gasteiger partial charge in [0.25, 0.3) is 0 Å². The first-order valence-electron chi connectivity index (χ1n) is 15.7. The van der Waals surface area contributed by atoms with E-state index in [2.05, 4.69) is 51.1 Å². The van der Waals surface area contributed by atoms with Crippen molar-refractivity contribution in [3.05, 3.63) is 42.2 Å². The highest BCUT2D eigenvalue weighted by Crippen LogP contribution is 2.49. The molecule has 9 nitrogen and oxygen atoms in total. The van der Waals surface area contributed by atoms with Crippen LogP contribution in [0.15, 0.2) is 30.9 Å². The van der Waals surface area contributed by atoms with E-state index in [1.165, 1.54) is 12.5 Å². The molecule has 6 unspecified atom stereocenters. The second-order valence-corrected chi connectivity index (χ2v) is 13.3. The van der Waals surface area contributed by atoms with Crippen LogP contribution in [0.3, 0.4) is 0 Å². The Bertz CT molecular complexity index is 1210. The Morgan fingerprint density at radius 2 is 2.10 bits per heavy atom. The van der Waals surface area contributed by atoms with Crippen LogP contribution in [0.25, 0.3) is 0 Å². The number of amides is 1. The van der Waals surface area contributed by atoms with E-state index in [4.69, 9.17) is 4.74 Å². The fourth-order valence-corrected chi connectivity index (χ4v) is 8.64. The first kappa shape index (κ1) is 29.5. The van der Waals surface area contributed by atoms with E-state index >= 15 is 0 Å². The molecule has 0 bridgehead atoms. The van der Waals surface area contributed by atoms with Crippen molar-refractivity contribution < 1.29 is 13.9 Å². The summed E-state index contributed by atoms with van der Waals surface area (Å²) in [6, 6.07) is 8.29. The number of anilines is 1. The second-order valence-electron chi connectivity index (χ2n) is 13.3. The summed E-state index contributed by atoms with van der Waals surface area (Å²) >= 11 is 0. The molecule has 1 aromatic carbocycles. The molecule has 10 heteroatoms. The summed E-state index contributed by atoms with van der Waals surface area (Å²) in [5.74, 6) is 0.115. The monoisotopic (exact) mass is 579 g/mol. The zero-order valence-corrected chi connectivity index (χ0v) is 25.1. The highest BCUT2D eigenvalue weighted by molar-refractivity contribution is 5.87. The molecule has 3 saturated heterocycles. The predicted molar refractivity (Wildman–Crippen MR) is 160 cm³/mol. The normalized spacial score (nSPS) is 35.5. The molecule has 4 aliphatic heterocycles. The van der Waals surface area contributed by atoms with E-state index in [1.807, 2.05) is 13.1 Å². The molecular weight excluding hydrogens is 533 g/mol. The van der Waals surface area contributed by atoms with Crippen LogP contribution in [0.4, 0.5) is 10.1 Å². The Morgan fingerprint density at radius 1 is 1.24 bits per heavy atom. The van der Waals surface area contributed by atoms with Crippen molar-refractivity contribution >= 4 is 11.6 Å². The lowest BCUT2D eigenvalue weighted by Crippen LogP contribution is -2.73. The molecule has 4 heterocycles. The molecule has 1 aromatic rings. The third kappa shape index (κ3) is 5.70. The van der Waals surface area contributed by atoms with Gasteiger partial charge in [0.05, 0.1) is 37.0 Å². The molecule has 7 atom stereocenters. The van der Waals surface area contributed by atoms with Gasteiger partial charge >= 0.3 is 0 Å². The first-order valence-corrected chi connectivity index (χ1v) is 15.7. The standard InChI is InChI=1S/C32H46FN7O2/c1-4-28(41)40-16-15-39(19-23(40)11-13-34)30-25-10-12-32(17-22-7-5-9-26(33)29(22)38(3)21-32)18-27(25)35-31(36-30)42-20-24-8-6-14-37(24)2/h4-5,7,9,23-25,27,30-31,35-36H,1,6,8,10-12,14-21H2,2-3H3/t23?,24?,25?,27?,30?,31?,32-/m0/s1. The summed E-state index contributed by atoms with van der Waals surface area (Å²) < 4.78 is 21.3. The lowest BCUT2D eigenvalue weighted by atomic mass is 9.62. The number of likely N-dealkylation sites (tertiary alicyclic amines) is 1. The lowest BCUT2D eigenvalue weighted by Gasteiger charge is -2.57. The quantitative estimate of drug-likeness (QED) is 0.498. The van der Waals surface area contributed by atoms with Gasteiger partial charge in [-0.15, -0.1) is 0 Å². The zero-order chi connectivity index (χ0) is 29.4. The van der Waals surface area contributed by atoms with Crippen LogP contribution in [0.2, 0.25) is 0 Å². The molecule has 1 amide bonds. The van der Waals surface area contributed by atoms with Crippen molar-refractivity contribution in [1.82, 2.24) is 25.3 Å². The Balaban J connectivity index is 1.22. The van der Waals surface area contributed by atoms with E-state index in [9.17, 15) is 14.4 Å². The number of carbonyl (C=O) groups is 1. The minimum Gasteiger partial charge on any atom is -0.371 e. The molecule has 0 aromatic heterocycles. The zero-order valence-electron chi connectivity index (χ0n) is 25.1. The smallest absolute Gasteiger partial charge is 0.246 e. The Labute approximate surface area is 249 Å². The maximum Gasteiger partial charge on any atom is 0.246 e. The van der Waals surface area contributed by atoms with Crippen LogP contribution in [0.5, 0.6) is 0 Å². The molecule has 0 radical (unpaired) electrons. The minimum absolute atomic E-state index is 0.0697. The highest BCUT2D eigenvalue weighted by atomic mass is 19.1. The van der Waals surface area contributed by atoms with E-state index < -0.39 is 0 Å².